The Bertz CT molecular complexity index is 669. The number of hydrogen-bond donors (Lipinski definition) is 0. The summed E-state index contributed by atoms with van der Waals surface area (Å²) >= 11 is 1.84. The van der Waals surface area contributed by atoms with Crippen molar-refractivity contribution in [3.05, 3.63) is 54.1 Å². The summed E-state index contributed by atoms with van der Waals surface area (Å²) in [6.45, 7) is 0.811. The molecule has 0 atom stereocenters. The van der Waals surface area contributed by atoms with E-state index in [1.807, 2.05) is 53.1 Å². The molecule has 2 aromatic rings. The highest BCUT2D eigenvalue weighted by Gasteiger charge is 2.20. The topological polar surface area (TPSA) is 29.5 Å². The number of anilines is 1. The van der Waals surface area contributed by atoms with Crippen LogP contribution < -0.4 is 9.64 Å². The highest BCUT2D eigenvalue weighted by molar-refractivity contribution is 7.99. The zero-order chi connectivity index (χ0) is 16.1. The smallest absolute Gasteiger partial charge is 0.227 e. The average Bonchev–Trinajstić information content (AvgIpc) is 2.82. The van der Waals surface area contributed by atoms with E-state index < -0.39 is 0 Å². The molecular formula is C19H21NO2S. The lowest BCUT2D eigenvalue weighted by molar-refractivity contribution is -0.118. The number of benzene rings is 2. The standard InChI is InChI=1S/C19H21NO2S/c1-22-16-10-7-15(8-11-16)9-12-19(21)20-13-4-14-23-18-6-3-2-5-17(18)20/h2-3,5-8,10-11H,4,9,12-14H2,1H3. The molecule has 1 amide bonds. The second-order valence-corrected chi connectivity index (χ2v) is 6.70. The molecule has 0 saturated carbocycles. The number of para-hydroxylation sites is 1. The van der Waals surface area contributed by atoms with Crippen molar-refractivity contribution in [2.24, 2.45) is 0 Å². The summed E-state index contributed by atoms with van der Waals surface area (Å²) < 4.78 is 5.17. The first-order valence-electron chi connectivity index (χ1n) is 7.93. The second kappa shape index (κ2) is 7.55. The predicted molar refractivity (Wildman–Crippen MR) is 95.5 cm³/mol. The Hall–Kier alpha value is -1.94. The van der Waals surface area contributed by atoms with Gasteiger partial charge in [-0.2, -0.15) is 0 Å². The minimum Gasteiger partial charge on any atom is -0.497 e. The number of thioether (sulfide) groups is 1. The van der Waals surface area contributed by atoms with E-state index in [9.17, 15) is 4.79 Å². The van der Waals surface area contributed by atoms with Gasteiger partial charge in [0.05, 0.1) is 12.8 Å². The number of fused-ring (bicyclic) bond motifs is 1. The van der Waals surface area contributed by atoms with E-state index in [1.165, 1.54) is 4.90 Å². The monoisotopic (exact) mass is 327 g/mol. The average molecular weight is 327 g/mol. The Morgan fingerprint density at radius 2 is 1.96 bits per heavy atom. The van der Waals surface area contributed by atoms with Crippen LogP contribution in [0.5, 0.6) is 5.75 Å². The van der Waals surface area contributed by atoms with Crippen LogP contribution in [0.25, 0.3) is 0 Å². The van der Waals surface area contributed by atoms with Gasteiger partial charge in [-0.05, 0) is 48.4 Å². The van der Waals surface area contributed by atoms with Crippen LogP contribution in [0.4, 0.5) is 5.69 Å². The summed E-state index contributed by atoms with van der Waals surface area (Å²) in [6, 6.07) is 16.1. The number of amides is 1. The summed E-state index contributed by atoms with van der Waals surface area (Å²) in [5.74, 6) is 2.12. The molecule has 120 valence electrons. The number of aryl methyl sites for hydroxylation is 1. The molecule has 1 aliphatic rings. The van der Waals surface area contributed by atoms with Crippen LogP contribution in [0.2, 0.25) is 0 Å². The first-order chi connectivity index (χ1) is 11.3. The number of ether oxygens (including phenoxy) is 1. The van der Waals surface area contributed by atoms with Crippen molar-refractivity contribution in [1.82, 2.24) is 0 Å². The van der Waals surface area contributed by atoms with Gasteiger partial charge in [0.25, 0.3) is 0 Å². The van der Waals surface area contributed by atoms with Crippen LogP contribution in [0.3, 0.4) is 0 Å². The van der Waals surface area contributed by atoms with Crippen molar-refractivity contribution in [1.29, 1.82) is 0 Å². The summed E-state index contributed by atoms with van der Waals surface area (Å²) in [5.41, 5.74) is 2.23. The van der Waals surface area contributed by atoms with E-state index in [0.29, 0.717) is 6.42 Å². The van der Waals surface area contributed by atoms with Crippen molar-refractivity contribution in [3.8, 4) is 5.75 Å². The maximum Gasteiger partial charge on any atom is 0.227 e. The Kier molecular flexibility index (Phi) is 5.23. The van der Waals surface area contributed by atoms with Crippen LogP contribution >= 0.6 is 11.8 Å². The highest BCUT2D eigenvalue weighted by Crippen LogP contribution is 2.33. The molecular weight excluding hydrogens is 306 g/mol. The quantitative estimate of drug-likeness (QED) is 0.844. The van der Waals surface area contributed by atoms with Gasteiger partial charge in [-0.3, -0.25) is 4.79 Å². The number of carbonyl (C=O) groups excluding carboxylic acids is 1. The number of nitrogens with zero attached hydrogens (tertiary/aromatic N) is 1. The maximum absolute atomic E-state index is 12.7. The Balaban J connectivity index is 1.67. The van der Waals surface area contributed by atoms with Crippen molar-refractivity contribution >= 4 is 23.4 Å². The number of methoxy groups -OCH3 is 1. The largest absolute Gasteiger partial charge is 0.497 e. The molecule has 3 nitrogen and oxygen atoms in total. The molecule has 3 rings (SSSR count). The second-order valence-electron chi connectivity index (χ2n) is 5.56. The minimum absolute atomic E-state index is 0.204. The number of hydrogen-bond acceptors (Lipinski definition) is 3. The van der Waals surface area contributed by atoms with Crippen molar-refractivity contribution in [2.45, 2.75) is 24.2 Å². The van der Waals surface area contributed by atoms with Gasteiger partial charge in [0.1, 0.15) is 5.75 Å². The van der Waals surface area contributed by atoms with Gasteiger partial charge in [0.2, 0.25) is 5.91 Å². The lowest BCUT2D eigenvalue weighted by Gasteiger charge is -2.22. The molecule has 23 heavy (non-hydrogen) atoms. The highest BCUT2D eigenvalue weighted by atomic mass is 32.2. The third-order valence-electron chi connectivity index (χ3n) is 4.03. The van der Waals surface area contributed by atoms with Gasteiger partial charge < -0.3 is 9.64 Å². The Labute approximate surface area is 141 Å². The van der Waals surface area contributed by atoms with Crippen LogP contribution in [0.15, 0.2) is 53.4 Å². The normalized spacial score (nSPS) is 14.0. The van der Waals surface area contributed by atoms with E-state index in [-0.39, 0.29) is 5.91 Å². The first-order valence-corrected chi connectivity index (χ1v) is 8.91. The summed E-state index contributed by atoms with van der Waals surface area (Å²) in [4.78, 5) is 15.9. The van der Waals surface area contributed by atoms with Gasteiger partial charge in [0.15, 0.2) is 0 Å². The fourth-order valence-electron chi connectivity index (χ4n) is 2.76. The molecule has 1 aliphatic heterocycles. The Morgan fingerprint density at radius 1 is 1.17 bits per heavy atom. The van der Waals surface area contributed by atoms with Crippen molar-refractivity contribution in [2.75, 3.05) is 24.3 Å². The fourth-order valence-corrected chi connectivity index (χ4v) is 3.76. The predicted octanol–water partition coefficient (Wildman–Crippen LogP) is 4.16. The lowest BCUT2D eigenvalue weighted by atomic mass is 10.1. The number of carbonyl (C=O) groups is 1. The molecule has 4 heteroatoms. The van der Waals surface area contributed by atoms with Gasteiger partial charge in [-0.1, -0.05) is 24.3 Å². The fraction of sp³-hybridized carbons (Fsp3) is 0.316. The molecule has 0 radical (unpaired) electrons. The molecule has 0 unspecified atom stereocenters. The molecule has 0 aliphatic carbocycles. The van der Waals surface area contributed by atoms with E-state index >= 15 is 0 Å². The first kappa shape index (κ1) is 15.9. The van der Waals surface area contributed by atoms with E-state index in [1.54, 1.807) is 7.11 Å². The van der Waals surface area contributed by atoms with Crippen LogP contribution in [-0.2, 0) is 11.2 Å². The molecule has 0 fully saturated rings. The van der Waals surface area contributed by atoms with E-state index in [4.69, 9.17) is 4.74 Å². The Morgan fingerprint density at radius 3 is 2.74 bits per heavy atom. The van der Waals surface area contributed by atoms with Crippen LogP contribution in [0, 0.1) is 0 Å². The molecule has 0 spiro atoms. The van der Waals surface area contributed by atoms with Crippen molar-refractivity contribution < 1.29 is 9.53 Å². The lowest BCUT2D eigenvalue weighted by Crippen LogP contribution is -2.31. The third-order valence-corrected chi connectivity index (χ3v) is 5.18. The van der Waals surface area contributed by atoms with Crippen molar-refractivity contribution in [3.63, 3.8) is 0 Å². The minimum atomic E-state index is 0.204. The summed E-state index contributed by atoms with van der Waals surface area (Å²) in [6.07, 6.45) is 2.33. The zero-order valence-corrected chi connectivity index (χ0v) is 14.1. The van der Waals surface area contributed by atoms with Gasteiger partial charge in [-0.25, -0.2) is 0 Å². The van der Waals surface area contributed by atoms with E-state index in [0.717, 1.165) is 42.1 Å². The van der Waals surface area contributed by atoms with Gasteiger partial charge in [-0.15, -0.1) is 11.8 Å². The van der Waals surface area contributed by atoms with E-state index in [2.05, 4.69) is 12.1 Å². The molecule has 0 aromatic heterocycles. The molecule has 0 N–H and O–H groups in total. The van der Waals surface area contributed by atoms with Gasteiger partial charge in [0, 0.05) is 17.9 Å². The molecule has 1 heterocycles. The summed E-state index contributed by atoms with van der Waals surface area (Å²) in [5, 5.41) is 0. The molecule has 0 saturated heterocycles. The SMILES string of the molecule is COc1ccc(CCC(=O)N2CCCSc3ccccc32)cc1. The molecule has 2 aromatic carbocycles. The third kappa shape index (κ3) is 3.88. The molecule has 0 bridgehead atoms. The maximum atomic E-state index is 12.7. The van der Waals surface area contributed by atoms with Gasteiger partial charge >= 0.3 is 0 Å². The number of rotatable bonds is 4. The van der Waals surface area contributed by atoms with Crippen LogP contribution in [0.1, 0.15) is 18.4 Å². The van der Waals surface area contributed by atoms with Crippen LogP contribution in [-0.4, -0.2) is 25.3 Å². The zero-order valence-electron chi connectivity index (χ0n) is 13.3. The summed E-state index contributed by atoms with van der Waals surface area (Å²) in [7, 11) is 1.66.